The average molecular weight is 939 g/mol. The molecule has 0 saturated heterocycles. The molecule has 0 atom stereocenters. The standard InChI is InChI=1S/C69H54N4/c1-69(2)67-31-19-18-30-65(67)66-49-48-64(50-68(66)69)73(62-44-40-60(41-45-62)71(55-24-12-5-13-25-55)56-26-14-6-15-27-56)63-46-42-61(43-47-63)72(57-28-16-7-17-29-57)59-38-34-52(35-39-59)51-32-36-58(37-33-51)70(53-20-8-3-9-21-53)54-22-10-4-11-23-54/h3-50H,1-2H3. The van der Waals surface area contributed by atoms with Crippen molar-refractivity contribution in [2.75, 3.05) is 19.6 Å². The van der Waals surface area contributed by atoms with Gasteiger partial charge in [0.15, 0.2) is 0 Å². The van der Waals surface area contributed by atoms with Gasteiger partial charge in [-0.25, -0.2) is 0 Å². The molecule has 73 heavy (non-hydrogen) atoms. The summed E-state index contributed by atoms with van der Waals surface area (Å²) in [4.78, 5) is 9.34. The first-order chi connectivity index (χ1) is 36.0. The predicted molar refractivity (Wildman–Crippen MR) is 308 cm³/mol. The van der Waals surface area contributed by atoms with Crippen LogP contribution in [0.4, 0.5) is 68.2 Å². The maximum absolute atomic E-state index is 2.41. The summed E-state index contributed by atoms with van der Waals surface area (Å²) < 4.78 is 0. The quantitative estimate of drug-likeness (QED) is 0.114. The summed E-state index contributed by atoms with van der Waals surface area (Å²) in [6.45, 7) is 4.70. The fourth-order valence-electron chi connectivity index (χ4n) is 10.6. The minimum absolute atomic E-state index is 0.145. The summed E-state index contributed by atoms with van der Waals surface area (Å²) in [6.07, 6.45) is 0. The Labute approximate surface area is 429 Å². The highest BCUT2D eigenvalue weighted by atomic mass is 15.2. The molecule has 0 radical (unpaired) electrons. The fourth-order valence-corrected chi connectivity index (χ4v) is 10.6. The van der Waals surface area contributed by atoms with E-state index in [2.05, 4.69) is 325 Å². The molecule has 0 saturated carbocycles. The summed E-state index contributed by atoms with van der Waals surface area (Å²) in [5.74, 6) is 0. The Hall–Kier alpha value is -9.38. The van der Waals surface area contributed by atoms with Gasteiger partial charge in [-0.3, -0.25) is 0 Å². The van der Waals surface area contributed by atoms with Crippen LogP contribution in [0.25, 0.3) is 22.3 Å². The third-order valence-corrected chi connectivity index (χ3v) is 14.2. The molecule has 0 amide bonds. The third kappa shape index (κ3) is 8.70. The molecule has 1 aliphatic carbocycles. The van der Waals surface area contributed by atoms with E-state index in [-0.39, 0.29) is 5.41 Å². The molecule has 0 fully saturated rings. The van der Waals surface area contributed by atoms with Crippen LogP contribution in [0.3, 0.4) is 0 Å². The number of anilines is 12. The zero-order chi connectivity index (χ0) is 49.1. The molecule has 11 aromatic rings. The first-order valence-corrected chi connectivity index (χ1v) is 25.1. The molecule has 0 bridgehead atoms. The molecule has 350 valence electrons. The molecule has 4 nitrogen and oxygen atoms in total. The van der Waals surface area contributed by atoms with E-state index in [1.807, 2.05) is 0 Å². The monoisotopic (exact) mass is 938 g/mol. The number of para-hydroxylation sites is 5. The van der Waals surface area contributed by atoms with Crippen LogP contribution in [-0.2, 0) is 5.41 Å². The van der Waals surface area contributed by atoms with E-state index in [9.17, 15) is 0 Å². The second kappa shape index (κ2) is 19.4. The normalized spacial score (nSPS) is 12.1. The molecule has 12 rings (SSSR count). The molecule has 0 N–H and O–H groups in total. The lowest BCUT2D eigenvalue weighted by atomic mass is 9.82. The second-order valence-electron chi connectivity index (χ2n) is 19.0. The highest BCUT2D eigenvalue weighted by Crippen LogP contribution is 2.51. The Balaban J connectivity index is 0.892. The Bertz CT molecular complexity index is 3520. The van der Waals surface area contributed by atoms with Crippen molar-refractivity contribution < 1.29 is 0 Å². The van der Waals surface area contributed by atoms with Crippen molar-refractivity contribution in [3.63, 3.8) is 0 Å². The summed E-state index contributed by atoms with van der Waals surface area (Å²) >= 11 is 0. The van der Waals surface area contributed by atoms with Crippen LogP contribution in [-0.4, -0.2) is 0 Å². The van der Waals surface area contributed by atoms with Gasteiger partial charge in [0.25, 0.3) is 0 Å². The van der Waals surface area contributed by atoms with Crippen LogP contribution < -0.4 is 19.6 Å². The van der Waals surface area contributed by atoms with Crippen molar-refractivity contribution in [3.8, 4) is 22.3 Å². The molecule has 0 aromatic heterocycles. The summed E-state index contributed by atoms with van der Waals surface area (Å²) in [7, 11) is 0. The van der Waals surface area contributed by atoms with Crippen LogP contribution in [0.15, 0.2) is 291 Å². The Kier molecular flexibility index (Phi) is 11.9. The van der Waals surface area contributed by atoms with Gasteiger partial charge in [-0.1, -0.05) is 159 Å². The molecule has 4 heteroatoms. The Morgan fingerprint density at radius 3 is 0.767 bits per heavy atom. The lowest BCUT2D eigenvalue weighted by Crippen LogP contribution is -2.17. The molecule has 0 spiro atoms. The van der Waals surface area contributed by atoms with E-state index in [0.717, 1.165) is 79.4 Å². The van der Waals surface area contributed by atoms with Crippen molar-refractivity contribution in [3.05, 3.63) is 302 Å². The smallest absolute Gasteiger partial charge is 0.0465 e. The Morgan fingerprint density at radius 1 is 0.205 bits per heavy atom. The number of benzene rings is 11. The summed E-state index contributed by atoms with van der Waals surface area (Å²) in [5.41, 5.74) is 20.6. The van der Waals surface area contributed by atoms with Crippen LogP contribution in [0.5, 0.6) is 0 Å². The van der Waals surface area contributed by atoms with E-state index in [4.69, 9.17) is 0 Å². The Morgan fingerprint density at radius 2 is 0.438 bits per heavy atom. The first-order valence-electron chi connectivity index (χ1n) is 25.1. The van der Waals surface area contributed by atoms with Gasteiger partial charge in [-0.05, 0) is 179 Å². The van der Waals surface area contributed by atoms with E-state index < -0.39 is 0 Å². The minimum atomic E-state index is -0.145. The first kappa shape index (κ1) is 44.8. The largest absolute Gasteiger partial charge is 0.311 e. The van der Waals surface area contributed by atoms with E-state index in [1.54, 1.807) is 0 Å². The van der Waals surface area contributed by atoms with Gasteiger partial charge < -0.3 is 19.6 Å². The van der Waals surface area contributed by atoms with Crippen LogP contribution >= 0.6 is 0 Å². The fraction of sp³-hybridized carbons (Fsp3) is 0.0435. The minimum Gasteiger partial charge on any atom is -0.311 e. The van der Waals surface area contributed by atoms with Crippen LogP contribution in [0, 0.1) is 0 Å². The number of hydrogen-bond acceptors (Lipinski definition) is 4. The second-order valence-corrected chi connectivity index (χ2v) is 19.0. The van der Waals surface area contributed by atoms with E-state index in [1.165, 1.54) is 22.3 Å². The average Bonchev–Trinajstić information content (AvgIpc) is 3.69. The maximum atomic E-state index is 2.41. The van der Waals surface area contributed by atoms with Gasteiger partial charge in [0.2, 0.25) is 0 Å². The number of fused-ring (bicyclic) bond motifs is 3. The highest BCUT2D eigenvalue weighted by Gasteiger charge is 2.36. The van der Waals surface area contributed by atoms with Crippen LogP contribution in [0.2, 0.25) is 0 Å². The van der Waals surface area contributed by atoms with Gasteiger partial charge in [0.1, 0.15) is 0 Å². The van der Waals surface area contributed by atoms with Crippen molar-refractivity contribution in [1.29, 1.82) is 0 Å². The molecular formula is C69H54N4. The van der Waals surface area contributed by atoms with Crippen molar-refractivity contribution in [1.82, 2.24) is 0 Å². The highest BCUT2D eigenvalue weighted by molar-refractivity contribution is 5.88. The summed E-state index contributed by atoms with van der Waals surface area (Å²) in [6, 6.07) is 105. The van der Waals surface area contributed by atoms with E-state index >= 15 is 0 Å². The van der Waals surface area contributed by atoms with Crippen LogP contribution in [0.1, 0.15) is 25.0 Å². The van der Waals surface area contributed by atoms with E-state index in [0.29, 0.717) is 0 Å². The summed E-state index contributed by atoms with van der Waals surface area (Å²) in [5, 5.41) is 0. The zero-order valence-corrected chi connectivity index (χ0v) is 41.0. The van der Waals surface area contributed by atoms with Gasteiger partial charge in [-0.15, -0.1) is 0 Å². The van der Waals surface area contributed by atoms with Gasteiger partial charge in [-0.2, -0.15) is 0 Å². The molecule has 0 unspecified atom stereocenters. The lowest BCUT2D eigenvalue weighted by Gasteiger charge is -2.30. The third-order valence-electron chi connectivity index (χ3n) is 14.2. The van der Waals surface area contributed by atoms with Crippen molar-refractivity contribution in [2.45, 2.75) is 19.3 Å². The van der Waals surface area contributed by atoms with Gasteiger partial charge in [0.05, 0.1) is 0 Å². The number of hydrogen-bond donors (Lipinski definition) is 0. The predicted octanol–water partition coefficient (Wildman–Crippen LogP) is 19.5. The SMILES string of the molecule is CC1(C)c2ccccc2-c2ccc(N(c3ccc(N(c4ccccc4)c4ccccc4)cc3)c3ccc(N(c4ccccc4)c4ccc(-c5ccc(N(c6ccccc6)c6ccccc6)cc5)cc4)cc3)cc21. The maximum Gasteiger partial charge on any atom is 0.0465 e. The topological polar surface area (TPSA) is 13.0 Å². The zero-order valence-electron chi connectivity index (χ0n) is 41.0. The lowest BCUT2D eigenvalue weighted by molar-refractivity contribution is 0.660. The van der Waals surface area contributed by atoms with Crippen molar-refractivity contribution in [2.24, 2.45) is 0 Å². The number of nitrogens with zero attached hydrogens (tertiary/aromatic N) is 4. The molecule has 0 aliphatic heterocycles. The molecular weight excluding hydrogens is 885 g/mol. The molecule has 0 heterocycles. The molecule has 1 aliphatic rings. The van der Waals surface area contributed by atoms with Gasteiger partial charge >= 0.3 is 0 Å². The number of rotatable bonds is 13. The van der Waals surface area contributed by atoms with Gasteiger partial charge in [0, 0.05) is 73.7 Å². The van der Waals surface area contributed by atoms with Crippen molar-refractivity contribution >= 4 is 68.2 Å². The molecule has 11 aromatic carbocycles.